The maximum Gasteiger partial charge on any atom is 0.100 e. The zero-order valence-corrected chi connectivity index (χ0v) is 34.1. The van der Waals surface area contributed by atoms with Gasteiger partial charge < -0.3 is 9.13 Å². The smallest absolute Gasteiger partial charge is 0.100 e. The molecular weight excluding hydrogens is 729 g/mol. The molecule has 60 heavy (non-hydrogen) atoms. The lowest BCUT2D eigenvalue weighted by Gasteiger charge is -2.13. The lowest BCUT2D eigenvalue weighted by atomic mass is 9.97. The van der Waals surface area contributed by atoms with Gasteiger partial charge in [0.1, 0.15) is 6.07 Å². The Hall–Kier alpha value is -7.66. The molecule has 0 aliphatic heterocycles. The number of nitriles is 1. The van der Waals surface area contributed by atoms with E-state index < -0.39 is 0 Å². The number of pyridine rings is 1. The molecule has 10 rings (SSSR count). The first-order valence-electron chi connectivity index (χ1n) is 20.6. The van der Waals surface area contributed by atoms with Crippen LogP contribution < -0.4 is 0 Å². The second-order valence-electron chi connectivity index (χ2n) is 16.3. The van der Waals surface area contributed by atoms with Gasteiger partial charge in [0.05, 0.1) is 39.0 Å². The summed E-state index contributed by atoms with van der Waals surface area (Å²) in [5, 5.41) is 15.0. The zero-order chi connectivity index (χ0) is 41.1. The highest BCUT2D eigenvalue weighted by Crippen LogP contribution is 2.38. The van der Waals surface area contributed by atoms with E-state index in [4.69, 9.17) is 11.4 Å². The minimum Gasteiger partial charge on any atom is -0.309 e. The molecule has 0 bridgehead atoms. The Morgan fingerprint density at radius 1 is 0.450 bits per heavy atom. The van der Waals surface area contributed by atoms with E-state index in [-0.39, 0.29) is 0 Å². The molecule has 3 heterocycles. The predicted octanol–water partition coefficient (Wildman–Crippen LogP) is 14.4. The number of hydrogen-bond donors (Lipinski definition) is 0. The number of nitrogens with zero attached hydrogens (tertiary/aromatic N) is 4. The van der Waals surface area contributed by atoms with Gasteiger partial charge in [-0.1, -0.05) is 112 Å². The first kappa shape index (κ1) is 36.7. The summed E-state index contributed by atoms with van der Waals surface area (Å²) in [7, 11) is 0. The highest BCUT2D eigenvalue weighted by Gasteiger charge is 2.17. The Kier molecular flexibility index (Phi) is 8.93. The summed E-state index contributed by atoms with van der Waals surface area (Å²) >= 11 is 0. The number of rotatable bonds is 7. The normalized spacial score (nSPS) is 11.6. The van der Waals surface area contributed by atoms with Crippen molar-refractivity contribution < 1.29 is 0 Å². The van der Waals surface area contributed by atoms with Gasteiger partial charge in [-0.05, 0) is 119 Å². The molecule has 3 aromatic heterocycles. The van der Waals surface area contributed by atoms with Crippen LogP contribution in [0.5, 0.6) is 0 Å². The fourth-order valence-electron chi connectivity index (χ4n) is 8.75. The van der Waals surface area contributed by atoms with Gasteiger partial charge in [-0.3, -0.25) is 0 Å². The van der Waals surface area contributed by atoms with Crippen LogP contribution in [0.15, 0.2) is 164 Å². The molecule has 0 N–H and O–H groups in total. The summed E-state index contributed by atoms with van der Waals surface area (Å²) < 4.78 is 4.71. The van der Waals surface area contributed by atoms with Gasteiger partial charge in [-0.15, -0.1) is 6.42 Å². The van der Waals surface area contributed by atoms with Crippen molar-refractivity contribution in [2.45, 2.75) is 39.5 Å². The molecule has 7 aromatic carbocycles. The van der Waals surface area contributed by atoms with Crippen molar-refractivity contribution in [2.24, 2.45) is 0 Å². The predicted molar refractivity (Wildman–Crippen MR) is 250 cm³/mol. The molecular formula is C56H42N4. The lowest BCUT2D eigenvalue weighted by molar-refractivity contribution is 0.868. The van der Waals surface area contributed by atoms with Crippen molar-refractivity contribution in [2.75, 3.05) is 0 Å². The highest BCUT2D eigenvalue weighted by molar-refractivity contribution is 6.10. The van der Waals surface area contributed by atoms with E-state index in [2.05, 4.69) is 194 Å². The number of terminal acetylenes is 1. The van der Waals surface area contributed by atoms with Crippen LogP contribution in [0.3, 0.4) is 0 Å². The number of aromatic nitrogens is 3. The van der Waals surface area contributed by atoms with Crippen LogP contribution in [0.4, 0.5) is 0 Å². The molecule has 0 radical (unpaired) electrons. The van der Waals surface area contributed by atoms with Gasteiger partial charge in [-0.2, -0.15) is 5.26 Å². The van der Waals surface area contributed by atoms with Crippen molar-refractivity contribution in [3.63, 3.8) is 0 Å². The van der Waals surface area contributed by atoms with Crippen molar-refractivity contribution in [3.8, 4) is 63.4 Å². The average molecular weight is 771 g/mol. The number of benzene rings is 7. The summed E-state index contributed by atoms with van der Waals surface area (Å²) in [5.41, 5.74) is 16.1. The van der Waals surface area contributed by atoms with Gasteiger partial charge in [0.25, 0.3) is 0 Å². The Bertz CT molecular complexity index is 3190. The summed E-state index contributed by atoms with van der Waals surface area (Å²) in [5.74, 6) is 3.55. The molecule has 0 aliphatic carbocycles. The fraction of sp³-hybridized carbons (Fsp3) is 0.107. The molecule has 0 fully saturated rings. The van der Waals surface area contributed by atoms with Gasteiger partial charge >= 0.3 is 0 Å². The number of hydrogen-bond acceptors (Lipinski definition) is 2. The van der Waals surface area contributed by atoms with Crippen LogP contribution in [0.25, 0.3) is 88.6 Å². The van der Waals surface area contributed by atoms with E-state index in [1.165, 1.54) is 54.7 Å². The summed E-state index contributed by atoms with van der Waals surface area (Å²) in [6.45, 7) is 8.97. The SMILES string of the molecule is C#Cc1ccc(-c2cc(-c3ccc(-n4c5ccccc5c5cc(C(C)C)ccc54)cc3)nc(-c3ccc(-n4c5ccccc5c5cc(C(C)C)ccc54)cc3)c2)cc1C#N. The van der Waals surface area contributed by atoms with E-state index in [0.717, 1.165) is 45.0 Å². The van der Waals surface area contributed by atoms with E-state index >= 15 is 0 Å². The molecule has 286 valence electrons. The molecule has 10 aromatic rings. The zero-order valence-electron chi connectivity index (χ0n) is 34.1. The Balaban J connectivity index is 1.08. The third-order valence-corrected chi connectivity index (χ3v) is 12.0. The highest BCUT2D eigenvalue weighted by atomic mass is 15.0. The topological polar surface area (TPSA) is 46.5 Å². The Morgan fingerprint density at radius 2 is 0.900 bits per heavy atom. The number of fused-ring (bicyclic) bond motifs is 6. The molecule has 0 aliphatic rings. The monoisotopic (exact) mass is 770 g/mol. The first-order valence-corrected chi connectivity index (χ1v) is 20.6. The van der Waals surface area contributed by atoms with Crippen LogP contribution in [0.1, 0.15) is 61.8 Å². The maximum absolute atomic E-state index is 9.97. The van der Waals surface area contributed by atoms with E-state index in [9.17, 15) is 5.26 Å². The van der Waals surface area contributed by atoms with E-state index in [1.807, 2.05) is 18.2 Å². The van der Waals surface area contributed by atoms with Crippen LogP contribution >= 0.6 is 0 Å². The molecule has 0 saturated carbocycles. The first-order chi connectivity index (χ1) is 29.3. The minimum atomic E-state index is 0.446. The van der Waals surface area contributed by atoms with Crippen molar-refractivity contribution in [1.29, 1.82) is 5.26 Å². The summed E-state index contributed by atoms with van der Waals surface area (Å²) in [6.07, 6.45) is 5.75. The molecule has 0 unspecified atom stereocenters. The average Bonchev–Trinajstić information content (AvgIpc) is 3.81. The summed E-state index contributed by atoms with van der Waals surface area (Å²) in [4.78, 5) is 5.30. The maximum atomic E-state index is 9.97. The van der Waals surface area contributed by atoms with Crippen LogP contribution in [-0.4, -0.2) is 14.1 Å². The van der Waals surface area contributed by atoms with Crippen LogP contribution in [0.2, 0.25) is 0 Å². The third kappa shape index (κ3) is 6.13. The summed E-state index contributed by atoms with van der Waals surface area (Å²) in [6, 6.07) is 60.6. The molecule has 0 saturated heterocycles. The van der Waals surface area contributed by atoms with E-state index in [1.54, 1.807) is 0 Å². The lowest BCUT2D eigenvalue weighted by Crippen LogP contribution is -1.96. The molecule has 0 spiro atoms. The second-order valence-corrected chi connectivity index (χ2v) is 16.3. The van der Waals surface area contributed by atoms with Gasteiger partial charge in [-0.25, -0.2) is 4.98 Å². The fourth-order valence-corrected chi connectivity index (χ4v) is 8.75. The van der Waals surface area contributed by atoms with Crippen LogP contribution in [0, 0.1) is 23.7 Å². The van der Waals surface area contributed by atoms with Crippen LogP contribution in [-0.2, 0) is 0 Å². The quantitative estimate of drug-likeness (QED) is 0.152. The van der Waals surface area contributed by atoms with Crippen molar-refractivity contribution >= 4 is 43.6 Å². The standard InChI is InChI=1S/C56H42N4/c1-6-37-15-16-42(29-44(37)34-57)43-32-51(38-17-23-45(24-18-38)59-53-13-9-7-11-47(53)49-30-40(35(2)3)21-27-55(49)59)58-52(33-43)39-19-25-46(26-20-39)60-54-14-10-8-12-48(54)50-31-41(36(4)5)22-28-56(50)60/h1,7-33,35-36H,2-5H3. The van der Waals surface area contributed by atoms with Gasteiger partial charge in [0.2, 0.25) is 0 Å². The molecule has 4 nitrogen and oxygen atoms in total. The Morgan fingerprint density at radius 3 is 1.35 bits per heavy atom. The minimum absolute atomic E-state index is 0.446. The van der Waals surface area contributed by atoms with Crippen molar-refractivity contribution in [3.05, 3.63) is 186 Å². The molecule has 0 atom stereocenters. The van der Waals surface area contributed by atoms with Gasteiger partial charge in [0, 0.05) is 49.6 Å². The van der Waals surface area contributed by atoms with Gasteiger partial charge in [0.15, 0.2) is 0 Å². The molecule has 0 amide bonds. The molecule has 4 heteroatoms. The Labute approximate surface area is 350 Å². The largest absolute Gasteiger partial charge is 0.309 e. The van der Waals surface area contributed by atoms with Crippen molar-refractivity contribution in [1.82, 2.24) is 14.1 Å². The van der Waals surface area contributed by atoms with E-state index in [0.29, 0.717) is 23.0 Å². The third-order valence-electron chi connectivity index (χ3n) is 12.0. The number of para-hydroxylation sites is 2. The second kappa shape index (κ2) is 14.6.